The predicted octanol–water partition coefficient (Wildman–Crippen LogP) is 2.84. The van der Waals surface area contributed by atoms with Gasteiger partial charge in [-0.3, -0.25) is 14.2 Å². The van der Waals surface area contributed by atoms with Crippen LogP contribution in [0.3, 0.4) is 0 Å². The lowest BCUT2D eigenvalue weighted by Gasteiger charge is -2.13. The van der Waals surface area contributed by atoms with Gasteiger partial charge in [-0.1, -0.05) is 23.9 Å². The highest BCUT2D eigenvalue weighted by Gasteiger charge is 2.29. The van der Waals surface area contributed by atoms with Gasteiger partial charge in [0.15, 0.2) is 10.8 Å². The van der Waals surface area contributed by atoms with Crippen molar-refractivity contribution in [2.24, 2.45) is 0 Å². The number of aryl methyl sites for hydroxylation is 1. The number of nitrogens with one attached hydrogen (secondary N) is 1. The fourth-order valence-electron chi connectivity index (χ4n) is 3.61. The highest BCUT2D eigenvalue weighted by molar-refractivity contribution is 7.99. The number of hydrogen-bond acceptors (Lipinski definition) is 6. The van der Waals surface area contributed by atoms with Gasteiger partial charge in [-0.2, -0.15) is 5.10 Å². The number of hydrogen-bond donors (Lipinski definition) is 1. The summed E-state index contributed by atoms with van der Waals surface area (Å²) in [5, 5.41) is 8.29. The van der Waals surface area contributed by atoms with Gasteiger partial charge in [0, 0.05) is 12.2 Å². The van der Waals surface area contributed by atoms with E-state index in [1.54, 1.807) is 33.8 Å². The maximum Gasteiger partial charge on any atom is 0.265 e. The number of furan rings is 1. The monoisotopic (exact) mass is 421 g/mol. The Morgan fingerprint density at radius 2 is 2.23 bits per heavy atom. The number of fused-ring (bicyclic) bond motifs is 2. The van der Waals surface area contributed by atoms with Gasteiger partial charge in [0.2, 0.25) is 5.91 Å². The molecule has 0 aliphatic carbocycles. The third-order valence-corrected chi connectivity index (χ3v) is 6.18. The number of benzene rings is 1. The molecule has 5 rings (SSSR count). The molecule has 0 saturated carbocycles. The number of amides is 1. The molecule has 4 aromatic rings. The van der Waals surface area contributed by atoms with Crippen molar-refractivity contribution in [1.82, 2.24) is 24.6 Å². The lowest BCUT2D eigenvalue weighted by atomic mass is 10.2. The van der Waals surface area contributed by atoms with E-state index in [0.29, 0.717) is 34.2 Å². The van der Waals surface area contributed by atoms with Crippen LogP contribution in [0.1, 0.15) is 23.8 Å². The van der Waals surface area contributed by atoms with Crippen LogP contribution < -0.4 is 10.9 Å². The van der Waals surface area contributed by atoms with Crippen LogP contribution in [-0.2, 0) is 11.3 Å². The molecule has 0 bridgehead atoms. The van der Waals surface area contributed by atoms with Gasteiger partial charge in [-0.05, 0) is 36.8 Å². The molecule has 9 heteroatoms. The van der Waals surface area contributed by atoms with Crippen molar-refractivity contribution in [3.8, 4) is 5.69 Å². The topological polar surface area (TPSA) is 95.0 Å². The van der Waals surface area contributed by atoms with Crippen molar-refractivity contribution in [1.29, 1.82) is 0 Å². The summed E-state index contributed by atoms with van der Waals surface area (Å²) in [6, 6.07) is 11.2. The summed E-state index contributed by atoms with van der Waals surface area (Å²) in [6.45, 7) is 2.33. The SMILES string of the molecule is Cc1cccc(-n2ncc3c(=O)n4c(nc32)SC[C@H]4CC(=O)NCc2ccco2)c1. The van der Waals surface area contributed by atoms with Crippen molar-refractivity contribution in [2.45, 2.75) is 31.1 Å². The van der Waals surface area contributed by atoms with Crippen LogP contribution >= 0.6 is 11.8 Å². The Morgan fingerprint density at radius 3 is 3.03 bits per heavy atom. The zero-order chi connectivity index (χ0) is 20.7. The fourth-order valence-corrected chi connectivity index (χ4v) is 4.75. The second kappa shape index (κ2) is 7.49. The smallest absolute Gasteiger partial charge is 0.265 e. The van der Waals surface area contributed by atoms with Crippen LogP contribution in [0.2, 0.25) is 0 Å². The fraction of sp³-hybridized carbons (Fsp3) is 0.238. The number of thioether (sulfide) groups is 1. The van der Waals surface area contributed by atoms with E-state index in [4.69, 9.17) is 9.40 Å². The minimum atomic E-state index is -0.242. The average Bonchev–Trinajstić information content (AvgIpc) is 3.47. The van der Waals surface area contributed by atoms with E-state index in [9.17, 15) is 9.59 Å². The van der Waals surface area contributed by atoms with Crippen molar-refractivity contribution in [2.75, 3.05) is 5.75 Å². The van der Waals surface area contributed by atoms with Gasteiger partial charge in [0.05, 0.1) is 30.7 Å². The lowest BCUT2D eigenvalue weighted by Crippen LogP contribution is -2.30. The van der Waals surface area contributed by atoms with Gasteiger partial charge in [0.25, 0.3) is 5.56 Å². The van der Waals surface area contributed by atoms with Crippen LogP contribution in [-0.4, -0.2) is 31.0 Å². The number of carbonyl (C=O) groups excluding carboxylic acids is 1. The second-order valence-corrected chi connectivity index (χ2v) is 8.21. The molecule has 1 aromatic carbocycles. The Labute approximate surface area is 175 Å². The first kappa shape index (κ1) is 18.7. The third-order valence-electron chi connectivity index (χ3n) is 5.08. The molecule has 0 fully saturated rings. The van der Waals surface area contributed by atoms with Gasteiger partial charge < -0.3 is 9.73 Å². The van der Waals surface area contributed by atoms with Crippen LogP contribution in [0.15, 0.2) is 63.2 Å². The van der Waals surface area contributed by atoms with Gasteiger partial charge >= 0.3 is 0 Å². The summed E-state index contributed by atoms with van der Waals surface area (Å²) in [5.41, 5.74) is 2.33. The number of nitrogens with zero attached hydrogens (tertiary/aromatic N) is 4. The first-order valence-corrected chi connectivity index (χ1v) is 10.6. The highest BCUT2D eigenvalue weighted by atomic mass is 32.2. The molecule has 30 heavy (non-hydrogen) atoms. The molecule has 8 nitrogen and oxygen atoms in total. The van der Waals surface area contributed by atoms with Gasteiger partial charge in [0.1, 0.15) is 11.1 Å². The Balaban J connectivity index is 1.43. The number of carbonyl (C=O) groups is 1. The van der Waals surface area contributed by atoms with E-state index in [-0.39, 0.29) is 23.9 Å². The number of rotatable bonds is 5. The van der Waals surface area contributed by atoms with Crippen LogP contribution in [0.4, 0.5) is 0 Å². The van der Waals surface area contributed by atoms with Crippen molar-refractivity contribution < 1.29 is 9.21 Å². The maximum absolute atomic E-state index is 13.2. The van der Waals surface area contributed by atoms with E-state index < -0.39 is 0 Å². The molecule has 0 saturated heterocycles. The zero-order valence-electron chi connectivity index (χ0n) is 16.2. The highest BCUT2D eigenvalue weighted by Crippen LogP contribution is 2.33. The summed E-state index contributed by atoms with van der Waals surface area (Å²) in [5.74, 6) is 1.18. The van der Waals surface area contributed by atoms with Crippen LogP contribution in [0.5, 0.6) is 0 Å². The van der Waals surface area contributed by atoms with Crippen molar-refractivity contribution >= 4 is 28.7 Å². The van der Waals surface area contributed by atoms with Gasteiger partial charge in [-0.15, -0.1) is 0 Å². The third kappa shape index (κ3) is 3.30. The molecule has 0 spiro atoms. The summed E-state index contributed by atoms with van der Waals surface area (Å²) >= 11 is 1.49. The molecule has 1 amide bonds. The minimum absolute atomic E-state index is 0.132. The molecule has 1 N–H and O–H groups in total. The Hall–Kier alpha value is -3.33. The summed E-state index contributed by atoms with van der Waals surface area (Å²) in [6.07, 6.45) is 3.33. The Morgan fingerprint density at radius 1 is 1.33 bits per heavy atom. The predicted molar refractivity (Wildman–Crippen MR) is 113 cm³/mol. The second-order valence-electron chi connectivity index (χ2n) is 7.23. The minimum Gasteiger partial charge on any atom is -0.467 e. The van der Waals surface area contributed by atoms with E-state index in [0.717, 1.165) is 11.3 Å². The first-order chi connectivity index (χ1) is 14.6. The average molecular weight is 421 g/mol. The normalized spacial score (nSPS) is 15.4. The largest absolute Gasteiger partial charge is 0.467 e. The molecule has 0 unspecified atom stereocenters. The number of aromatic nitrogens is 4. The zero-order valence-corrected chi connectivity index (χ0v) is 17.1. The molecule has 4 heterocycles. The van der Waals surface area contributed by atoms with Crippen LogP contribution in [0.25, 0.3) is 16.7 Å². The molecular weight excluding hydrogens is 402 g/mol. The molecule has 0 radical (unpaired) electrons. The van der Waals surface area contributed by atoms with E-state index >= 15 is 0 Å². The van der Waals surface area contributed by atoms with Crippen molar-refractivity contribution in [3.63, 3.8) is 0 Å². The summed E-state index contributed by atoms with van der Waals surface area (Å²) < 4.78 is 8.55. The molecule has 1 aliphatic rings. The molecular formula is C21H19N5O3S. The summed E-state index contributed by atoms with van der Waals surface area (Å²) in [7, 11) is 0. The van der Waals surface area contributed by atoms with E-state index in [1.165, 1.54) is 11.8 Å². The molecule has 1 aliphatic heterocycles. The van der Waals surface area contributed by atoms with Crippen molar-refractivity contribution in [3.05, 3.63) is 70.5 Å². The quantitative estimate of drug-likeness (QED) is 0.498. The van der Waals surface area contributed by atoms with E-state index in [2.05, 4.69) is 10.4 Å². The molecule has 3 aromatic heterocycles. The summed E-state index contributed by atoms with van der Waals surface area (Å²) in [4.78, 5) is 30.3. The lowest BCUT2D eigenvalue weighted by molar-refractivity contribution is -0.122. The van der Waals surface area contributed by atoms with Gasteiger partial charge in [-0.25, -0.2) is 9.67 Å². The standard InChI is InChI=1S/C21H19N5O3S/c1-13-4-2-5-14(8-13)26-19-17(11-23-26)20(28)25-15(12-30-21(25)24-19)9-18(27)22-10-16-6-3-7-29-16/h2-8,11,15H,9-10,12H2,1H3,(H,22,27)/t15-/m1/s1. The maximum atomic E-state index is 13.2. The molecule has 1 atom stereocenters. The Kier molecular flexibility index (Phi) is 4.66. The van der Waals surface area contributed by atoms with Crippen LogP contribution in [0, 0.1) is 6.92 Å². The van der Waals surface area contributed by atoms with E-state index in [1.807, 2.05) is 31.2 Å². The first-order valence-electron chi connectivity index (χ1n) is 9.59. The molecule has 152 valence electrons. The Bertz CT molecular complexity index is 1290.